The molecule has 170 valence electrons. The molecule has 0 radical (unpaired) electrons. The lowest BCUT2D eigenvalue weighted by molar-refractivity contribution is -0.156. The van der Waals surface area contributed by atoms with E-state index in [1.54, 1.807) is 0 Å². The minimum absolute atomic E-state index is 0.242. The summed E-state index contributed by atoms with van der Waals surface area (Å²) >= 11 is 0. The molecular formula is C25H36N2O4. The number of pyridine rings is 1. The van der Waals surface area contributed by atoms with Gasteiger partial charge in [-0.05, 0) is 69.4 Å². The van der Waals surface area contributed by atoms with Gasteiger partial charge in [0, 0.05) is 24.9 Å². The number of rotatable bonds is 13. The van der Waals surface area contributed by atoms with Gasteiger partial charge in [0.15, 0.2) is 0 Å². The SMILES string of the molecule is CCc1ccc(CCOc2ccc(CCCNOCCC(=O)OC(C)(C)C)cc2)nc1. The average Bonchev–Trinajstić information content (AvgIpc) is 2.73. The normalized spacial score (nSPS) is 11.4. The second kappa shape index (κ2) is 13.1. The summed E-state index contributed by atoms with van der Waals surface area (Å²) < 4.78 is 11.1. The van der Waals surface area contributed by atoms with Gasteiger partial charge in [0.1, 0.15) is 11.4 Å². The number of benzene rings is 1. The maximum absolute atomic E-state index is 11.6. The van der Waals surface area contributed by atoms with Crippen LogP contribution in [0.5, 0.6) is 5.75 Å². The Labute approximate surface area is 186 Å². The van der Waals surface area contributed by atoms with Gasteiger partial charge in [0.05, 0.1) is 19.6 Å². The highest BCUT2D eigenvalue weighted by atomic mass is 16.6. The molecular weight excluding hydrogens is 392 g/mol. The number of aryl methyl sites for hydroxylation is 2. The van der Waals surface area contributed by atoms with Gasteiger partial charge >= 0.3 is 5.97 Å². The van der Waals surface area contributed by atoms with E-state index >= 15 is 0 Å². The Bertz CT molecular complexity index is 768. The van der Waals surface area contributed by atoms with Crippen molar-refractivity contribution in [2.45, 2.75) is 65.4 Å². The van der Waals surface area contributed by atoms with Crippen LogP contribution in [0.1, 0.15) is 57.4 Å². The number of aromatic nitrogens is 1. The molecule has 1 aromatic heterocycles. The van der Waals surface area contributed by atoms with Crippen LogP contribution in [0.2, 0.25) is 0 Å². The van der Waals surface area contributed by atoms with Gasteiger partial charge in [-0.3, -0.25) is 9.78 Å². The molecule has 0 atom stereocenters. The fourth-order valence-corrected chi connectivity index (χ4v) is 2.87. The summed E-state index contributed by atoms with van der Waals surface area (Å²) in [5, 5.41) is 0. The standard InChI is InChI=1S/C25H36N2O4/c1-5-20-8-11-22(26-19-20)14-17-29-23-12-9-21(10-13-23)7-6-16-27-30-18-15-24(28)31-25(2,3)4/h8-13,19,27H,5-7,14-18H2,1-4H3. The van der Waals surface area contributed by atoms with Crippen molar-refractivity contribution in [3.8, 4) is 5.75 Å². The molecule has 0 aliphatic heterocycles. The van der Waals surface area contributed by atoms with Gasteiger partial charge in [0.2, 0.25) is 0 Å². The van der Waals surface area contributed by atoms with Crippen molar-refractivity contribution in [1.82, 2.24) is 10.5 Å². The number of carbonyl (C=O) groups is 1. The van der Waals surface area contributed by atoms with E-state index in [2.05, 4.69) is 41.7 Å². The van der Waals surface area contributed by atoms with E-state index in [-0.39, 0.29) is 12.4 Å². The van der Waals surface area contributed by atoms with Crippen molar-refractivity contribution in [2.24, 2.45) is 0 Å². The van der Waals surface area contributed by atoms with Crippen molar-refractivity contribution < 1.29 is 19.1 Å². The molecule has 0 aliphatic rings. The summed E-state index contributed by atoms with van der Waals surface area (Å²) in [6, 6.07) is 12.4. The second-order valence-corrected chi connectivity index (χ2v) is 8.44. The first kappa shape index (κ1) is 24.8. The Balaban J connectivity index is 1.54. The van der Waals surface area contributed by atoms with Crippen LogP contribution in [0.4, 0.5) is 0 Å². The summed E-state index contributed by atoms with van der Waals surface area (Å²) in [7, 11) is 0. The number of hydrogen-bond acceptors (Lipinski definition) is 6. The number of carbonyl (C=O) groups excluding carboxylic acids is 1. The Morgan fingerprint density at radius 3 is 2.39 bits per heavy atom. The molecule has 1 heterocycles. The fraction of sp³-hybridized carbons (Fsp3) is 0.520. The van der Waals surface area contributed by atoms with E-state index in [0.29, 0.717) is 13.2 Å². The zero-order valence-electron chi connectivity index (χ0n) is 19.3. The molecule has 0 spiro atoms. The number of nitrogens with zero attached hydrogens (tertiary/aromatic N) is 1. The van der Waals surface area contributed by atoms with Crippen molar-refractivity contribution in [3.63, 3.8) is 0 Å². The maximum atomic E-state index is 11.6. The van der Waals surface area contributed by atoms with Crippen LogP contribution in [0.15, 0.2) is 42.6 Å². The summed E-state index contributed by atoms with van der Waals surface area (Å²) in [6.45, 7) is 9.33. The summed E-state index contributed by atoms with van der Waals surface area (Å²) in [4.78, 5) is 21.3. The third-order valence-electron chi connectivity index (χ3n) is 4.52. The largest absolute Gasteiger partial charge is 0.493 e. The van der Waals surface area contributed by atoms with Crippen molar-refractivity contribution >= 4 is 5.97 Å². The lowest BCUT2D eigenvalue weighted by atomic mass is 10.1. The number of hydroxylamine groups is 1. The Morgan fingerprint density at radius 2 is 1.74 bits per heavy atom. The minimum atomic E-state index is -0.455. The number of ether oxygens (including phenoxy) is 2. The van der Waals surface area contributed by atoms with Crippen LogP contribution in [0.25, 0.3) is 0 Å². The minimum Gasteiger partial charge on any atom is -0.493 e. The molecule has 0 bridgehead atoms. The Morgan fingerprint density at radius 1 is 1.00 bits per heavy atom. The zero-order chi connectivity index (χ0) is 22.5. The molecule has 0 aliphatic carbocycles. The zero-order valence-corrected chi connectivity index (χ0v) is 19.3. The first-order valence-electron chi connectivity index (χ1n) is 11.1. The lowest BCUT2D eigenvalue weighted by Gasteiger charge is -2.19. The molecule has 0 amide bonds. The monoisotopic (exact) mass is 428 g/mol. The highest BCUT2D eigenvalue weighted by Gasteiger charge is 2.15. The molecule has 1 aromatic carbocycles. The van der Waals surface area contributed by atoms with Gasteiger partial charge in [0.25, 0.3) is 0 Å². The second-order valence-electron chi connectivity index (χ2n) is 8.44. The smallest absolute Gasteiger partial charge is 0.308 e. The highest BCUT2D eigenvalue weighted by Crippen LogP contribution is 2.14. The molecule has 31 heavy (non-hydrogen) atoms. The average molecular weight is 429 g/mol. The van der Waals surface area contributed by atoms with Crippen LogP contribution in [0, 0.1) is 0 Å². The van der Waals surface area contributed by atoms with Crippen molar-refractivity contribution in [2.75, 3.05) is 19.8 Å². The summed E-state index contributed by atoms with van der Waals surface area (Å²) in [6.07, 6.45) is 5.86. The van der Waals surface area contributed by atoms with E-state index in [1.165, 1.54) is 11.1 Å². The number of hydrogen-bond donors (Lipinski definition) is 1. The van der Waals surface area contributed by atoms with Gasteiger partial charge in [-0.2, -0.15) is 0 Å². The first-order chi connectivity index (χ1) is 14.9. The summed E-state index contributed by atoms with van der Waals surface area (Å²) in [5.41, 5.74) is 6.00. The number of esters is 1. The van der Waals surface area contributed by atoms with E-state index in [9.17, 15) is 4.79 Å². The van der Waals surface area contributed by atoms with Crippen molar-refractivity contribution in [1.29, 1.82) is 0 Å². The van der Waals surface area contributed by atoms with E-state index in [1.807, 2.05) is 39.1 Å². The van der Waals surface area contributed by atoms with Crippen molar-refractivity contribution in [3.05, 3.63) is 59.4 Å². The van der Waals surface area contributed by atoms with Gasteiger partial charge < -0.3 is 14.3 Å². The fourth-order valence-electron chi connectivity index (χ4n) is 2.87. The van der Waals surface area contributed by atoms with E-state index in [0.717, 1.165) is 43.7 Å². The topological polar surface area (TPSA) is 69.7 Å². The molecule has 0 saturated carbocycles. The Kier molecular flexibility index (Phi) is 10.5. The third kappa shape index (κ3) is 10.9. The maximum Gasteiger partial charge on any atom is 0.308 e. The molecule has 0 saturated heterocycles. The van der Waals surface area contributed by atoms with Crippen LogP contribution in [0.3, 0.4) is 0 Å². The van der Waals surface area contributed by atoms with Gasteiger partial charge in [-0.1, -0.05) is 25.1 Å². The summed E-state index contributed by atoms with van der Waals surface area (Å²) in [5.74, 6) is 0.625. The molecule has 0 unspecified atom stereocenters. The molecule has 1 N–H and O–H groups in total. The molecule has 2 aromatic rings. The lowest BCUT2D eigenvalue weighted by Crippen LogP contribution is -2.25. The van der Waals surface area contributed by atoms with Crippen LogP contribution in [-0.4, -0.2) is 36.3 Å². The molecule has 0 fully saturated rings. The van der Waals surface area contributed by atoms with Crippen LogP contribution >= 0.6 is 0 Å². The quantitative estimate of drug-likeness (QED) is 0.289. The van der Waals surface area contributed by atoms with Crippen LogP contribution < -0.4 is 10.2 Å². The predicted molar refractivity (Wildman–Crippen MR) is 122 cm³/mol. The van der Waals surface area contributed by atoms with Gasteiger partial charge in [-0.25, -0.2) is 5.48 Å². The molecule has 2 rings (SSSR count). The predicted octanol–water partition coefficient (Wildman–Crippen LogP) is 4.45. The van der Waals surface area contributed by atoms with Crippen LogP contribution in [-0.2, 0) is 33.6 Å². The number of nitrogens with one attached hydrogen (secondary N) is 1. The van der Waals surface area contributed by atoms with E-state index < -0.39 is 5.60 Å². The Hall–Kier alpha value is -2.44. The first-order valence-corrected chi connectivity index (χ1v) is 11.1. The molecule has 6 heteroatoms. The molecule has 6 nitrogen and oxygen atoms in total. The third-order valence-corrected chi connectivity index (χ3v) is 4.52. The van der Waals surface area contributed by atoms with Gasteiger partial charge in [-0.15, -0.1) is 0 Å². The highest BCUT2D eigenvalue weighted by molar-refractivity contribution is 5.69. The van der Waals surface area contributed by atoms with E-state index in [4.69, 9.17) is 14.3 Å².